The number of fused-ring (bicyclic) bond motifs is 3. The van der Waals surface area contributed by atoms with Crippen molar-refractivity contribution < 1.29 is 19.1 Å². The van der Waals surface area contributed by atoms with Crippen LogP contribution in [0.3, 0.4) is 0 Å². The van der Waals surface area contributed by atoms with Gasteiger partial charge in [0.1, 0.15) is 12.7 Å². The molecule has 0 aromatic rings. The molecule has 0 aromatic heterocycles. The molecule has 0 bridgehead atoms. The zero-order valence-corrected chi connectivity index (χ0v) is 14.3. The van der Waals surface area contributed by atoms with Gasteiger partial charge in [0.15, 0.2) is 0 Å². The Balaban J connectivity index is 1.65. The smallest absolute Gasteiger partial charge is 0.312 e. The van der Waals surface area contributed by atoms with Crippen LogP contribution >= 0.6 is 0 Å². The molecule has 3 rings (SSSR count). The second kappa shape index (κ2) is 4.97. The first kappa shape index (κ1) is 15.8. The van der Waals surface area contributed by atoms with Crippen molar-refractivity contribution >= 4 is 11.9 Å². The average Bonchev–Trinajstić information content (AvgIpc) is 3.06. The second-order valence-electron chi connectivity index (χ2n) is 8.27. The lowest BCUT2D eigenvalue weighted by Gasteiger charge is -2.31. The topological polar surface area (TPSA) is 52.6 Å². The van der Waals surface area contributed by atoms with Crippen LogP contribution in [0, 0.1) is 34.5 Å². The summed E-state index contributed by atoms with van der Waals surface area (Å²) in [5.74, 6) is 1.50. The highest BCUT2D eigenvalue weighted by Crippen LogP contribution is 2.67. The third-order valence-corrected chi connectivity index (χ3v) is 6.84. The summed E-state index contributed by atoms with van der Waals surface area (Å²) in [4.78, 5) is 24.7. The Labute approximate surface area is 132 Å². The molecular weight excluding hydrogens is 280 g/mol. The summed E-state index contributed by atoms with van der Waals surface area (Å²) in [5, 5.41) is 0. The lowest BCUT2D eigenvalue weighted by Crippen LogP contribution is -2.37. The van der Waals surface area contributed by atoms with Gasteiger partial charge in [-0.05, 0) is 50.9 Å². The van der Waals surface area contributed by atoms with Crippen LogP contribution in [0.25, 0.3) is 0 Å². The summed E-state index contributed by atoms with van der Waals surface area (Å²) in [6.45, 7) is 10.3. The standard InChI is InChI=1S/C18H28O4/c1-6-17(4,10(2)3)15(19)21-9-13-14-12-7-11(12)8-18(14,5)16(20)22-13/h10-14H,6-9H2,1-5H3. The largest absolute Gasteiger partial charge is 0.461 e. The van der Waals surface area contributed by atoms with Crippen LogP contribution in [0.15, 0.2) is 0 Å². The SMILES string of the molecule is CCC(C)(C(=O)OCC1OC(=O)C2(C)CC3CC3C12)C(C)C. The van der Waals surface area contributed by atoms with Crippen LogP contribution in [0.1, 0.15) is 53.9 Å². The Bertz CT molecular complexity index is 499. The minimum Gasteiger partial charge on any atom is -0.461 e. The fourth-order valence-corrected chi connectivity index (χ4v) is 4.60. The maximum Gasteiger partial charge on any atom is 0.312 e. The Morgan fingerprint density at radius 1 is 1.50 bits per heavy atom. The molecule has 6 atom stereocenters. The fourth-order valence-electron chi connectivity index (χ4n) is 4.60. The molecule has 0 aromatic carbocycles. The van der Waals surface area contributed by atoms with Crippen molar-refractivity contribution in [3.8, 4) is 0 Å². The number of rotatable bonds is 5. The molecule has 2 saturated carbocycles. The predicted octanol–water partition coefficient (Wildman–Crippen LogP) is 3.19. The van der Waals surface area contributed by atoms with Crippen LogP contribution in [0.5, 0.6) is 0 Å². The Kier molecular flexibility index (Phi) is 3.57. The Morgan fingerprint density at radius 3 is 2.77 bits per heavy atom. The van der Waals surface area contributed by atoms with Crippen LogP contribution < -0.4 is 0 Å². The van der Waals surface area contributed by atoms with Crippen molar-refractivity contribution in [3.05, 3.63) is 0 Å². The summed E-state index contributed by atoms with van der Waals surface area (Å²) >= 11 is 0. The molecule has 0 radical (unpaired) electrons. The van der Waals surface area contributed by atoms with E-state index in [4.69, 9.17) is 9.47 Å². The van der Waals surface area contributed by atoms with Crippen LogP contribution in [0.2, 0.25) is 0 Å². The fraction of sp³-hybridized carbons (Fsp3) is 0.889. The third-order valence-electron chi connectivity index (χ3n) is 6.84. The van der Waals surface area contributed by atoms with E-state index in [0.29, 0.717) is 11.8 Å². The first-order valence-electron chi connectivity index (χ1n) is 8.62. The van der Waals surface area contributed by atoms with Crippen molar-refractivity contribution in [1.29, 1.82) is 0 Å². The van der Waals surface area contributed by atoms with Gasteiger partial charge in [-0.25, -0.2) is 0 Å². The molecule has 1 heterocycles. The third kappa shape index (κ3) is 2.10. The Morgan fingerprint density at radius 2 is 2.18 bits per heavy atom. The number of esters is 2. The highest BCUT2D eigenvalue weighted by Gasteiger charge is 2.69. The molecular formula is C18H28O4. The molecule has 2 aliphatic carbocycles. The molecule has 4 heteroatoms. The van der Waals surface area contributed by atoms with Crippen molar-refractivity contribution in [2.45, 2.75) is 60.0 Å². The van der Waals surface area contributed by atoms with E-state index in [0.717, 1.165) is 12.8 Å². The van der Waals surface area contributed by atoms with E-state index < -0.39 is 5.41 Å². The molecule has 0 spiro atoms. The van der Waals surface area contributed by atoms with Crippen LogP contribution in [0.4, 0.5) is 0 Å². The molecule has 0 N–H and O–H groups in total. The number of hydrogen-bond donors (Lipinski definition) is 0. The molecule has 6 unspecified atom stereocenters. The van der Waals surface area contributed by atoms with E-state index in [9.17, 15) is 9.59 Å². The number of carbonyl (C=O) groups excluding carboxylic acids is 2. The molecule has 124 valence electrons. The maximum atomic E-state index is 12.5. The van der Waals surface area contributed by atoms with E-state index in [1.165, 1.54) is 6.42 Å². The minimum atomic E-state index is -0.469. The first-order chi connectivity index (χ1) is 10.2. The van der Waals surface area contributed by atoms with E-state index in [1.54, 1.807) is 0 Å². The highest BCUT2D eigenvalue weighted by molar-refractivity contribution is 5.80. The summed E-state index contributed by atoms with van der Waals surface area (Å²) in [6, 6.07) is 0. The Hall–Kier alpha value is -1.06. The lowest BCUT2D eigenvalue weighted by molar-refractivity contribution is -0.165. The zero-order valence-electron chi connectivity index (χ0n) is 14.3. The van der Waals surface area contributed by atoms with Crippen molar-refractivity contribution in [1.82, 2.24) is 0 Å². The van der Waals surface area contributed by atoms with Gasteiger partial charge in [-0.3, -0.25) is 9.59 Å². The lowest BCUT2D eigenvalue weighted by atomic mass is 9.76. The summed E-state index contributed by atoms with van der Waals surface area (Å²) < 4.78 is 11.2. The number of cyclic esters (lactones) is 1. The predicted molar refractivity (Wildman–Crippen MR) is 81.9 cm³/mol. The van der Waals surface area contributed by atoms with E-state index in [1.807, 2.05) is 34.6 Å². The first-order valence-corrected chi connectivity index (χ1v) is 8.62. The number of ether oxygens (including phenoxy) is 2. The van der Waals surface area contributed by atoms with Gasteiger partial charge in [0.25, 0.3) is 0 Å². The summed E-state index contributed by atoms with van der Waals surface area (Å²) in [7, 11) is 0. The van der Waals surface area contributed by atoms with Gasteiger partial charge in [0, 0.05) is 5.92 Å². The van der Waals surface area contributed by atoms with Gasteiger partial charge in [0.05, 0.1) is 10.8 Å². The minimum absolute atomic E-state index is 0.0899. The maximum absolute atomic E-state index is 12.5. The van der Waals surface area contributed by atoms with Gasteiger partial charge < -0.3 is 9.47 Å². The highest BCUT2D eigenvalue weighted by atomic mass is 16.6. The van der Waals surface area contributed by atoms with Crippen molar-refractivity contribution in [3.63, 3.8) is 0 Å². The van der Waals surface area contributed by atoms with Crippen LogP contribution in [-0.2, 0) is 19.1 Å². The van der Waals surface area contributed by atoms with Crippen LogP contribution in [-0.4, -0.2) is 24.6 Å². The van der Waals surface area contributed by atoms with Gasteiger partial charge in [0.2, 0.25) is 0 Å². The zero-order chi connectivity index (χ0) is 16.3. The van der Waals surface area contributed by atoms with Crippen molar-refractivity contribution in [2.24, 2.45) is 34.5 Å². The normalized spacial score (nSPS) is 41.6. The summed E-state index contributed by atoms with van der Waals surface area (Å²) in [5.41, 5.74) is -0.805. The van der Waals surface area contributed by atoms with E-state index in [-0.39, 0.29) is 41.9 Å². The molecule has 1 saturated heterocycles. The number of carbonyl (C=O) groups is 2. The van der Waals surface area contributed by atoms with Gasteiger partial charge in [-0.1, -0.05) is 20.8 Å². The second-order valence-corrected chi connectivity index (χ2v) is 8.27. The molecule has 3 fully saturated rings. The summed E-state index contributed by atoms with van der Waals surface area (Å²) in [6.07, 6.45) is 2.66. The molecule has 3 aliphatic rings. The number of hydrogen-bond acceptors (Lipinski definition) is 4. The molecule has 1 aliphatic heterocycles. The van der Waals surface area contributed by atoms with Gasteiger partial charge in [-0.15, -0.1) is 0 Å². The molecule has 0 amide bonds. The monoisotopic (exact) mass is 308 g/mol. The molecule has 22 heavy (non-hydrogen) atoms. The quantitative estimate of drug-likeness (QED) is 0.732. The van der Waals surface area contributed by atoms with Gasteiger partial charge >= 0.3 is 11.9 Å². The van der Waals surface area contributed by atoms with E-state index >= 15 is 0 Å². The van der Waals surface area contributed by atoms with E-state index in [2.05, 4.69) is 0 Å². The molecule has 4 nitrogen and oxygen atoms in total. The van der Waals surface area contributed by atoms with Gasteiger partial charge in [-0.2, -0.15) is 0 Å². The average molecular weight is 308 g/mol. The van der Waals surface area contributed by atoms with Crippen molar-refractivity contribution in [2.75, 3.05) is 6.61 Å².